The molecule has 25 heavy (non-hydrogen) atoms. The van der Waals surface area contributed by atoms with Gasteiger partial charge in [-0.15, -0.1) is 0 Å². The van der Waals surface area contributed by atoms with E-state index in [1.54, 1.807) is 13.8 Å². The lowest BCUT2D eigenvalue weighted by atomic mass is 10.0. The summed E-state index contributed by atoms with van der Waals surface area (Å²) in [5.41, 5.74) is 4.03. The molecular formula is C23H32O2. The Morgan fingerprint density at radius 3 is 1.12 bits per heavy atom. The Kier molecular flexibility index (Phi) is 11.9. The Bertz CT molecular complexity index is 565. The minimum atomic E-state index is 0.104. The highest BCUT2D eigenvalue weighted by molar-refractivity contribution is 5.94. The number of hydrogen-bond donors (Lipinski definition) is 0. The van der Waals surface area contributed by atoms with Crippen LogP contribution in [0.2, 0.25) is 0 Å². The third-order valence-electron chi connectivity index (χ3n) is 3.65. The zero-order valence-corrected chi connectivity index (χ0v) is 16.6. The van der Waals surface area contributed by atoms with Crippen LogP contribution in [0, 0.1) is 0 Å². The van der Waals surface area contributed by atoms with Gasteiger partial charge < -0.3 is 0 Å². The number of carbonyl (C=O) groups excluding carboxylic acids is 2. The molecule has 0 saturated carbocycles. The largest absolute Gasteiger partial charge is 0.295 e. The van der Waals surface area contributed by atoms with Crippen molar-refractivity contribution in [2.75, 3.05) is 0 Å². The molecule has 0 aromatic heterocycles. The van der Waals surface area contributed by atoms with E-state index in [2.05, 4.69) is 0 Å². The van der Waals surface area contributed by atoms with Gasteiger partial charge in [0.25, 0.3) is 0 Å². The van der Waals surface area contributed by atoms with Crippen molar-refractivity contribution in [2.45, 2.75) is 60.8 Å². The van der Waals surface area contributed by atoms with Crippen LogP contribution in [0.15, 0.2) is 48.5 Å². The average molecular weight is 341 g/mol. The molecular weight excluding hydrogens is 308 g/mol. The van der Waals surface area contributed by atoms with Gasteiger partial charge in [-0.05, 0) is 44.2 Å². The highest BCUT2D eigenvalue weighted by Crippen LogP contribution is 2.11. The molecule has 0 radical (unpaired) electrons. The van der Waals surface area contributed by atoms with Gasteiger partial charge in [0.15, 0.2) is 11.6 Å². The summed E-state index contributed by atoms with van der Waals surface area (Å²) in [7, 11) is 0. The second-order valence-corrected chi connectivity index (χ2v) is 5.36. The molecule has 2 rings (SSSR count). The fourth-order valence-corrected chi connectivity index (χ4v) is 2.31. The molecule has 0 N–H and O–H groups in total. The second kappa shape index (κ2) is 13.1. The Hall–Kier alpha value is -2.22. The van der Waals surface area contributed by atoms with Gasteiger partial charge >= 0.3 is 0 Å². The predicted octanol–water partition coefficient (Wildman–Crippen LogP) is 6.32. The normalized spacial score (nSPS) is 9.20. The topological polar surface area (TPSA) is 34.1 Å². The van der Waals surface area contributed by atoms with Crippen molar-refractivity contribution < 1.29 is 9.59 Å². The van der Waals surface area contributed by atoms with Crippen LogP contribution in [-0.4, -0.2) is 11.6 Å². The summed E-state index contributed by atoms with van der Waals surface area (Å²) in [5.74, 6) is 0.208. The molecule has 2 heteroatoms. The minimum absolute atomic E-state index is 0.104. The molecule has 0 atom stereocenters. The molecule has 2 nitrogen and oxygen atoms in total. The lowest BCUT2D eigenvalue weighted by Crippen LogP contribution is -1.95. The highest BCUT2D eigenvalue weighted by atomic mass is 16.1. The molecule has 0 aliphatic rings. The average Bonchev–Trinajstić information content (AvgIpc) is 2.66. The molecule has 2 aromatic rings. The summed E-state index contributed by atoms with van der Waals surface area (Å²) >= 11 is 0. The van der Waals surface area contributed by atoms with E-state index in [1.165, 1.54) is 11.1 Å². The zero-order chi connectivity index (χ0) is 19.2. The lowest BCUT2D eigenvalue weighted by molar-refractivity contribution is 0.100. The lowest BCUT2D eigenvalue weighted by Gasteiger charge is -2.04. The number of aryl methyl sites for hydroxylation is 2. The molecule has 0 spiro atoms. The quantitative estimate of drug-likeness (QED) is 0.577. The van der Waals surface area contributed by atoms with Crippen LogP contribution in [0.5, 0.6) is 0 Å². The zero-order valence-electron chi connectivity index (χ0n) is 16.6. The van der Waals surface area contributed by atoms with Crippen LogP contribution >= 0.6 is 0 Å². The SMILES string of the molecule is CC.CC.CC(=O)c1ccc(CCCc2ccc(C(C)=O)cc2)cc1. The maximum atomic E-state index is 11.2. The number of hydrogen-bond acceptors (Lipinski definition) is 2. The van der Waals surface area contributed by atoms with Gasteiger partial charge in [-0.3, -0.25) is 9.59 Å². The first-order chi connectivity index (χ1) is 12.1. The second-order valence-electron chi connectivity index (χ2n) is 5.36. The van der Waals surface area contributed by atoms with E-state index in [0.29, 0.717) is 0 Å². The van der Waals surface area contributed by atoms with Crippen molar-refractivity contribution in [2.24, 2.45) is 0 Å². The standard InChI is InChI=1S/C19H20O2.2C2H6/c1-14(20)18-10-6-16(7-11-18)4-3-5-17-8-12-19(13-9-17)15(2)21;2*1-2/h6-13H,3-5H2,1-2H3;2*1-2H3. The van der Waals surface area contributed by atoms with Crippen LogP contribution in [0.25, 0.3) is 0 Å². The van der Waals surface area contributed by atoms with Crippen LogP contribution in [0.4, 0.5) is 0 Å². The molecule has 0 bridgehead atoms. The molecule has 0 amide bonds. The summed E-state index contributed by atoms with van der Waals surface area (Å²) in [6.07, 6.45) is 3.04. The molecule has 2 aromatic carbocycles. The summed E-state index contributed by atoms with van der Waals surface area (Å²) in [6.45, 7) is 11.2. The summed E-state index contributed by atoms with van der Waals surface area (Å²) in [5, 5.41) is 0. The molecule has 0 fully saturated rings. The number of benzene rings is 2. The van der Waals surface area contributed by atoms with Crippen molar-refractivity contribution in [1.29, 1.82) is 0 Å². The van der Waals surface area contributed by atoms with E-state index < -0.39 is 0 Å². The summed E-state index contributed by atoms with van der Waals surface area (Å²) in [6, 6.07) is 15.6. The van der Waals surface area contributed by atoms with Gasteiger partial charge in [0.05, 0.1) is 0 Å². The predicted molar refractivity (Wildman–Crippen MR) is 108 cm³/mol. The van der Waals surface area contributed by atoms with Crippen molar-refractivity contribution >= 4 is 11.6 Å². The van der Waals surface area contributed by atoms with Gasteiger partial charge in [-0.25, -0.2) is 0 Å². The van der Waals surface area contributed by atoms with Crippen molar-refractivity contribution in [1.82, 2.24) is 0 Å². The van der Waals surface area contributed by atoms with E-state index in [9.17, 15) is 9.59 Å². The van der Waals surface area contributed by atoms with E-state index in [4.69, 9.17) is 0 Å². The van der Waals surface area contributed by atoms with Crippen molar-refractivity contribution in [3.05, 3.63) is 70.8 Å². The van der Waals surface area contributed by atoms with Gasteiger partial charge in [0.2, 0.25) is 0 Å². The summed E-state index contributed by atoms with van der Waals surface area (Å²) < 4.78 is 0. The third-order valence-corrected chi connectivity index (χ3v) is 3.65. The van der Waals surface area contributed by atoms with Gasteiger partial charge in [-0.1, -0.05) is 76.2 Å². The highest BCUT2D eigenvalue weighted by Gasteiger charge is 2.01. The number of Topliss-reactive ketones (excluding diaryl/α,β-unsaturated/α-hetero) is 2. The third kappa shape index (κ3) is 8.44. The van der Waals surface area contributed by atoms with Gasteiger partial charge in [0, 0.05) is 11.1 Å². The molecule has 0 heterocycles. The monoisotopic (exact) mass is 340 g/mol. The van der Waals surface area contributed by atoms with Crippen LogP contribution in [-0.2, 0) is 12.8 Å². The fraction of sp³-hybridized carbons (Fsp3) is 0.391. The van der Waals surface area contributed by atoms with Gasteiger partial charge in [-0.2, -0.15) is 0 Å². The van der Waals surface area contributed by atoms with Crippen LogP contribution < -0.4 is 0 Å². The first-order valence-electron chi connectivity index (χ1n) is 9.26. The Morgan fingerprint density at radius 1 is 0.600 bits per heavy atom. The van der Waals surface area contributed by atoms with Crippen molar-refractivity contribution in [3.8, 4) is 0 Å². The van der Waals surface area contributed by atoms with E-state index in [0.717, 1.165) is 30.4 Å². The fourth-order valence-electron chi connectivity index (χ4n) is 2.31. The summed E-state index contributed by atoms with van der Waals surface area (Å²) in [4.78, 5) is 22.4. The molecule has 136 valence electrons. The maximum absolute atomic E-state index is 11.2. The minimum Gasteiger partial charge on any atom is -0.295 e. The molecule has 0 aliphatic carbocycles. The van der Waals surface area contributed by atoms with Crippen LogP contribution in [0.3, 0.4) is 0 Å². The number of rotatable bonds is 6. The molecule has 0 unspecified atom stereocenters. The Labute approximate surface area is 153 Å². The van der Waals surface area contributed by atoms with Crippen molar-refractivity contribution in [3.63, 3.8) is 0 Å². The Balaban J connectivity index is 0.00000134. The molecule has 0 aliphatic heterocycles. The first kappa shape index (κ1) is 22.8. The van der Waals surface area contributed by atoms with Gasteiger partial charge in [0.1, 0.15) is 0 Å². The Morgan fingerprint density at radius 2 is 0.880 bits per heavy atom. The van der Waals surface area contributed by atoms with E-state index in [1.807, 2.05) is 76.2 Å². The number of ketones is 2. The van der Waals surface area contributed by atoms with Crippen LogP contribution in [0.1, 0.15) is 79.8 Å². The van der Waals surface area contributed by atoms with E-state index >= 15 is 0 Å². The smallest absolute Gasteiger partial charge is 0.159 e. The first-order valence-corrected chi connectivity index (χ1v) is 9.26. The number of carbonyl (C=O) groups is 2. The molecule has 0 saturated heterocycles. The van der Waals surface area contributed by atoms with E-state index in [-0.39, 0.29) is 11.6 Å². The maximum Gasteiger partial charge on any atom is 0.159 e.